The van der Waals surface area contributed by atoms with Gasteiger partial charge < -0.3 is 0 Å². The molecule has 3 aromatic rings. The minimum absolute atomic E-state index is 0.650. The van der Waals surface area contributed by atoms with Gasteiger partial charge in [0.2, 0.25) is 0 Å². The summed E-state index contributed by atoms with van der Waals surface area (Å²) in [5, 5.41) is 3.99. The molecule has 0 saturated heterocycles. The first kappa shape index (κ1) is 23.0. The Morgan fingerprint density at radius 2 is 0.970 bits per heavy atom. The lowest BCUT2D eigenvalue weighted by Crippen LogP contribution is -2.50. The second kappa shape index (κ2) is 10.7. The summed E-state index contributed by atoms with van der Waals surface area (Å²) in [5.74, 6) is 1.62. The molecule has 0 aliphatic heterocycles. The molecular formula is C30H36B2P+. The highest BCUT2D eigenvalue weighted by Gasteiger charge is 2.45. The summed E-state index contributed by atoms with van der Waals surface area (Å²) in [6.45, 7) is 0.650. The Morgan fingerprint density at radius 1 is 0.545 bits per heavy atom. The maximum absolute atomic E-state index is 7.67. The molecule has 5 rings (SSSR count). The Bertz CT molecular complexity index is 950. The molecule has 2 aliphatic carbocycles. The third-order valence-corrected chi connectivity index (χ3v) is 11.7. The summed E-state index contributed by atoms with van der Waals surface area (Å²) < 4.78 is 0. The van der Waals surface area contributed by atoms with Crippen LogP contribution in [-0.4, -0.2) is 14.3 Å². The van der Waals surface area contributed by atoms with Crippen molar-refractivity contribution in [1.82, 2.24) is 0 Å². The number of hydrogen-bond acceptors (Lipinski definition) is 0. The minimum Gasteiger partial charge on any atom is -0.0640 e. The molecular weight excluding hydrogens is 413 g/mol. The van der Waals surface area contributed by atoms with Gasteiger partial charge in [-0.1, -0.05) is 130 Å². The predicted octanol–water partition coefficient (Wildman–Crippen LogP) is 6.43. The molecule has 2 saturated carbocycles. The van der Waals surface area contributed by atoms with E-state index in [0.717, 1.165) is 11.6 Å². The van der Waals surface area contributed by atoms with Crippen LogP contribution in [0.25, 0.3) is 0 Å². The van der Waals surface area contributed by atoms with Gasteiger partial charge in [-0.05, 0) is 35.8 Å². The lowest BCUT2D eigenvalue weighted by molar-refractivity contribution is 0.465. The van der Waals surface area contributed by atoms with E-state index in [-0.39, 0.29) is 0 Å². The van der Waals surface area contributed by atoms with Gasteiger partial charge in [0.15, 0.2) is 6.71 Å². The van der Waals surface area contributed by atoms with Crippen molar-refractivity contribution in [3.05, 3.63) is 84.9 Å². The van der Waals surface area contributed by atoms with Gasteiger partial charge in [0, 0.05) is 0 Å². The van der Waals surface area contributed by atoms with Gasteiger partial charge in [0.1, 0.15) is 0 Å². The monoisotopic (exact) mass is 449 g/mol. The average Bonchev–Trinajstić information content (AvgIpc) is 2.91. The van der Waals surface area contributed by atoms with E-state index in [4.69, 9.17) is 7.57 Å². The maximum Gasteiger partial charge on any atom is 0.383 e. The smallest absolute Gasteiger partial charge is 0.0640 e. The number of benzene rings is 3. The molecule has 2 radical (unpaired) electrons. The second-order valence-electron chi connectivity index (χ2n) is 10.3. The third kappa shape index (κ3) is 4.74. The lowest BCUT2D eigenvalue weighted by Gasteiger charge is -2.38. The van der Waals surface area contributed by atoms with Gasteiger partial charge in [0.25, 0.3) is 0 Å². The van der Waals surface area contributed by atoms with Gasteiger partial charge in [-0.15, -0.1) is 0 Å². The van der Waals surface area contributed by atoms with E-state index in [9.17, 15) is 0 Å². The van der Waals surface area contributed by atoms with Crippen LogP contribution in [0.4, 0.5) is 0 Å². The van der Waals surface area contributed by atoms with Crippen molar-refractivity contribution in [3.63, 3.8) is 0 Å². The molecule has 166 valence electrons. The molecule has 33 heavy (non-hydrogen) atoms. The van der Waals surface area contributed by atoms with Crippen LogP contribution in [0.2, 0.25) is 11.6 Å². The van der Waals surface area contributed by atoms with Gasteiger partial charge in [-0.2, -0.15) is 0 Å². The van der Waals surface area contributed by atoms with Gasteiger partial charge in [0.05, 0.1) is 23.1 Å². The van der Waals surface area contributed by atoms with E-state index in [2.05, 4.69) is 84.9 Å². The Kier molecular flexibility index (Phi) is 7.42. The minimum atomic E-state index is -2.22. The summed E-state index contributed by atoms with van der Waals surface area (Å²) in [6.07, 6.45) is 14.0. The van der Waals surface area contributed by atoms with Crippen LogP contribution in [0.15, 0.2) is 84.9 Å². The second-order valence-corrected chi connectivity index (χ2v) is 13.2. The van der Waals surface area contributed by atoms with Crippen LogP contribution in [0.1, 0.15) is 64.2 Å². The molecule has 0 aromatic heterocycles. The van der Waals surface area contributed by atoms with Crippen LogP contribution in [-0.2, 0) is 0 Å². The molecule has 0 spiro atoms. The van der Waals surface area contributed by atoms with E-state index in [1.54, 1.807) is 5.46 Å². The quantitative estimate of drug-likeness (QED) is 0.301. The summed E-state index contributed by atoms with van der Waals surface area (Å²) in [4.78, 5) is 0. The van der Waals surface area contributed by atoms with Crippen LogP contribution in [0.3, 0.4) is 0 Å². The molecule has 0 heterocycles. The van der Waals surface area contributed by atoms with Crippen molar-refractivity contribution >= 4 is 42.8 Å². The summed E-state index contributed by atoms with van der Waals surface area (Å²) in [6, 6.07) is 31.2. The highest BCUT2D eigenvalue weighted by Crippen LogP contribution is 2.51. The topological polar surface area (TPSA) is 0 Å². The molecule has 0 nitrogen and oxygen atoms in total. The predicted molar refractivity (Wildman–Crippen MR) is 150 cm³/mol. The summed E-state index contributed by atoms with van der Waals surface area (Å²) in [7, 11) is 5.45. The van der Waals surface area contributed by atoms with Crippen molar-refractivity contribution < 1.29 is 0 Å². The highest BCUT2D eigenvalue weighted by atomic mass is 31.2. The third-order valence-electron chi connectivity index (χ3n) is 8.32. The van der Waals surface area contributed by atoms with Crippen LogP contribution in [0, 0.1) is 0 Å². The fraction of sp³-hybridized carbons (Fsp3) is 0.400. The molecule has 0 unspecified atom stereocenters. The Balaban J connectivity index is 1.68. The largest absolute Gasteiger partial charge is 0.383 e. The molecule has 0 bridgehead atoms. The molecule has 2 aliphatic rings. The molecule has 3 heteroatoms. The van der Waals surface area contributed by atoms with Crippen molar-refractivity contribution in [2.75, 3.05) is 0 Å². The summed E-state index contributed by atoms with van der Waals surface area (Å²) in [5.41, 5.74) is 1.57. The first-order valence-electron chi connectivity index (χ1n) is 13.2. The first-order valence-corrected chi connectivity index (χ1v) is 15.0. The van der Waals surface area contributed by atoms with Gasteiger partial charge in [-0.25, -0.2) is 0 Å². The van der Waals surface area contributed by atoms with Crippen LogP contribution < -0.4 is 21.4 Å². The average molecular weight is 449 g/mol. The van der Waals surface area contributed by atoms with E-state index in [1.807, 2.05) is 0 Å². The summed E-state index contributed by atoms with van der Waals surface area (Å²) >= 11 is 0. The van der Waals surface area contributed by atoms with Gasteiger partial charge in [-0.3, -0.25) is 0 Å². The molecule has 0 atom stereocenters. The molecule has 0 N–H and O–H groups in total. The lowest BCUT2D eigenvalue weighted by atomic mass is 9.27. The maximum atomic E-state index is 7.67. The molecule has 3 aromatic carbocycles. The Morgan fingerprint density at radius 3 is 1.45 bits per heavy atom. The van der Waals surface area contributed by atoms with E-state index in [1.165, 1.54) is 80.1 Å². The van der Waals surface area contributed by atoms with Crippen molar-refractivity contribution in [2.24, 2.45) is 0 Å². The first-order chi connectivity index (χ1) is 16.3. The van der Waals surface area contributed by atoms with Crippen LogP contribution in [0.5, 0.6) is 0 Å². The fourth-order valence-corrected chi connectivity index (χ4v) is 9.81. The SMILES string of the molecule is [B][P+](c1ccccc1)(c1ccccc1)c1ccccc1B(C1CCCCC1)C1CCCCC1. The number of hydrogen-bond donors (Lipinski definition) is 0. The zero-order chi connectivity index (χ0) is 22.5. The molecule has 0 amide bonds. The van der Waals surface area contributed by atoms with Gasteiger partial charge >= 0.3 is 7.57 Å². The normalized spacial score (nSPS) is 18.2. The number of rotatable bonds is 6. The molecule has 2 fully saturated rings. The Hall–Kier alpha value is -1.78. The van der Waals surface area contributed by atoms with E-state index >= 15 is 0 Å². The van der Waals surface area contributed by atoms with E-state index < -0.39 is 7.14 Å². The standard InChI is InChI=1S/C30H36B2P/c31-33(27-19-9-3-10-20-27,28-21-11-4-12-22-28)30-24-14-13-23-29(30)32(25-15-5-1-6-16-25)26-17-7-2-8-18-26/h3-4,9-14,19-26H,1-2,5-8,15-18H2/q+1. The zero-order valence-electron chi connectivity index (χ0n) is 19.9. The van der Waals surface area contributed by atoms with Crippen molar-refractivity contribution in [2.45, 2.75) is 75.8 Å². The highest BCUT2D eigenvalue weighted by molar-refractivity contribution is 8.13. The Labute approximate surface area is 203 Å². The van der Waals surface area contributed by atoms with E-state index in [0.29, 0.717) is 6.71 Å². The van der Waals surface area contributed by atoms with Crippen molar-refractivity contribution in [1.29, 1.82) is 0 Å². The zero-order valence-corrected chi connectivity index (χ0v) is 20.8. The van der Waals surface area contributed by atoms with Crippen molar-refractivity contribution in [3.8, 4) is 0 Å². The van der Waals surface area contributed by atoms with Crippen LogP contribution >= 0.6 is 7.14 Å². The fourth-order valence-electron chi connectivity index (χ4n) is 6.72.